The van der Waals surface area contributed by atoms with Crippen molar-refractivity contribution in [1.82, 2.24) is 0 Å². The van der Waals surface area contributed by atoms with Gasteiger partial charge < -0.3 is 4.42 Å². The molecule has 0 bridgehead atoms. The molecule has 0 N–H and O–H groups in total. The third kappa shape index (κ3) is 4.47. The summed E-state index contributed by atoms with van der Waals surface area (Å²) in [6.45, 7) is 0. The maximum absolute atomic E-state index is 9.88. The van der Waals surface area contributed by atoms with Gasteiger partial charge in [0.1, 0.15) is 11.2 Å². The van der Waals surface area contributed by atoms with E-state index in [2.05, 4.69) is 0 Å². The summed E-state index contributed by atoms with van der Waals surface area (Å²) in [6.07, 6.45) is 0. The molecule has 228 valence electrons. The van der Waals surface area contributed by atoms with Crippen LogP contribution in [-0.2, 0) is 0 Å². The molecule has 0 saturated heterocycles. The average Bonchev–Trinajstić information content (AvgIpc) is 3.84. The van der Waals surface area contributed by atoms with Crippen molar-refractivity contribution in [3.63, 3.8) is 0 Å². The van der Waals surface area contributed by atoms with Crippen LogP contribution >= 0.6 is 0 Å². The highest BCUT2D eigenvalue weighted by atomic mass is 16.3. The Morgan fingerprint density at radius 1 is 0.327 bits per heavy atom. The van der Waals surface area contributed by atoms with Crippen molar-refractivity contribution in [3.8, 4) is 44.5 Å². The molecule has 0 saturated carbocycles. The molecule has 0 unspecified atom stereocenters. The van der Waals surface area contributed by atoms with Crippen LogP contribution in [0.3, 0.4) is 0 Å². The molecule has 10 rings (SSSR count). The topological polar surface area (TPSA) is 13.1 Å². The molecule has 0 aliphatic rings. The summed E-state index contributed by atoms with van der Waals surface area (Å²) in [5, 5.41) is -5.47. The molecule has 1 aromatic heterocycles. The van der Waals surface area contributed by atoms with Crippen LogP contribution in [0.25, 0.3) is 98.8 Å². The predicted molar refractivity (Wildman–Crippen MR) is 208 cm³/mol. The van der Waals surface area contributed by atoms with E-state index in [1.165, 1.54) is 0 Å². The molecule has 1 heteroatoms. The van der Waals surface area contributed by atoms with E-state index in [1.807, 2.05) is 0 Å². The Bertz CT molecular complexity index is 4460. The molecule has 0 amide bonds. The third-order valence-electron chi connectivity index (χ3n) is 7.81. The number of rotatable bonds is 4. The summed E-state index contributed by atoms with van der Waals surface area (Å²) in [5.74, 6) is 0. The molecule has 0 aliphatic carbocycles. The number of para-hydroxylation sites is 1. The van der Waals surface area contributed by atoms with Gasteiger partial charge in [-0.1, -0.05) is 163 Å². The number of hydrogen-bond acceptors (Lipinski definition) is 1. The van der Waals surface area contributed by atoms with Crippen molar-refractivity contribution in [2.24, 2.45) is 0 Å². The smallest absolute Gasteiger partial charge is 0.143 e. The van der Waals surface area contributed by atoms with Crippen LogP contribution in [0, 0.1) is 0 Å². The first-order valence-corrected chi connectivity index (χ1v) is 14.4. The molecule has 1 heterocycles. The molecule has 0 atom stereocenters. The fourth-order valence-electron chi connectivity index (χ4n) is 5.69. The van der Waals surface area contributed by atoms with Crippen molar-refractivity contribution >= 4 is 54.3 Å². The number of hydrogen-bond donors (Lipinski definition) is 0. The van der Waals surface area contributed by atoms with Gasteiger partial charge in [-0.15, -0.1) is 0 Å². The van der Waals surface area contributed by atoms with E-state index in [-0.39, 0.29) is 0 Å². The van der Waals surface area contributed by atoms with Gasteiger partial charge in [0.2, 0.25) is 0 Å². The third-order valence-corrected chi connectivity index (χ3v) is 7.81. The summed E-state index contributed by atoms with van der Waals surface area (Å²) in [4.78, 5) is 0. The van der Waals surface area contributed by atoms with Gasteiger partial charge in [-0.05, 0) is 89.4 Å². The molecule has 0 spiro atoms. The lowest BCUT2D eigenvalue weighted by Crippen LogP contribution is -1.91. The van der Waals surface area contributed by atoms with Crippen molar-refractivity contribution in [2.45, 2.75) is 0 Å². The van der Waals surface area contributed by atoms with E-state index in [0.717, 1.165) is 0 Å². The monoisotopic (exact) mass is 652 g/mol. The zero-order valence-electron chi connectivity index (χ0n) is 54.4. The maximum atomic E-state index is 9.88. The van der Waals surface area contributed by atoms with Gasteiger partial charge >= 0.3 is 0 Å². The summed E-state index contributed by atoms with van der Waals surface area (Å²) in [6, 6.07) is -28.5. The molecule has 0 aliphatic heterocycles. The zero-order chi connectivity index (χ0) is 58.4. The first kappa shape index (κ1) is 11.1. The molecular formula is C48H30O. The van der Waals surface area contributed by atoms with Gasteiger partial charge in [0, 0.05) is 16.3 Å². The minimum Gasteiger partial charge on any atom is -0.455 e. The number of benzene rings is 9. The predicted octanol–water partition coefficient (Wildman–Crippen LogP) is 13.7. The van der Waals surface area contributed by atoms with Crippen LogP contribution in [0.2, 0.25) is 0 Å². The second kappa shape index (κ2) is 11.1. The Kier molecular flexibility index (Phi) is 2.50. The van der Waals surface area contributed by atoms with E-state index in [1.54, 1.807) is 0 Å². The summed E-state index contributed by atoms with van der Waals surface area (Å²) >= 11 is 0. The molecule has 49 heavy (non-hydrogen) atoms. The van der Waals surface area contributed by atoms with Gasteiger partial charge in [-0.2, -0.15) is 0 Å². The van der Waals surface area contributed by atoms with Gasteiger partial charge in [-0.25, -0.2) is 0 Å². The van der Waals surface area contributed by atoms with Crippen molar-refractivity contribution < 1.29 is 45.5 Å². The van der Waals surface area contributed by atoms with Crippen LogP contribution in [0.15, 0.2) is 186 Å². The Balaban J connectivity index is 1.42. The normalized spacial score (nSPS) is 20.2. The molecule has 1 nitrogen and oxygen atoms in total. The number of furan rings is 1. The largest absolute Gasteiger partial charge is 0.455 e. The van der Waals surface area contributed by atoms with Crippen LogP contribution in [0.1, 0.15) is 41.1 Å². The Morgan fingerprint density at radius 2 is 0.878 bits per heavy atom. The van der Waals surface area contributed by atoms with Crippen LogP contribution in [-0.4, -0.2) is 0 Å². The molecule has 10 aromatic rings. The standard InChI is InChI=1S/C48H30O/c1-2-12-33(13-3-1)38-19-10-20-43-44-30-37(27-28-45(44)49-48(38)43)47-41-17-8-6-15-39(41)46(40-16-7-9-18-42(40)47)34-24-21-32(22-25-34)36-26-23-31-11-4-5-14-35(31)29-36/h1-30H/i1D,2D,3D,4D,5D,6D,7D,8D,9D,10D,11D,12D,13D,14D,15D,16D,17D,18D,19D,20D,21D,22D,23D,24D,25D,26D,27D,28D,29D,30D. The highest BCUT2D eigenvalue weighted by Crippen LogP contribution is 2.45. The van der Waals surface area contributed by atoms with Gasteiger partial charge in [0.05, 0.1) is 41.1 Å². The second-order valence-corrected chi connectivity index (χ2v) is 10.5. The van der Waals surface area contributed by atoms with Crippen molar-refractivity contribution in [1.29, 1.82) is 0 Å². The van der Waals surface area contributed by atoms with E-state index >= 15 is 0 Å². The van der Waals surface area contributed by atoms with Gasteiger partial charge in [0.25, 0.3) is 0 Å². The van der Waals surface area contributed by atoms with E-state index < -0.39 is 280 Å². The quantitative estimate of drug-likeness (QED) is 0.172. The lowest BCUT2D eigenvalue weighted by Gasteiger charge is -2.18. The Labute approximate surface area is 326 Å². The van der Waals surface area contributed by atoms with E-state index in [4.69, 9.17) is 30.5 Å². The zero-order valence-corrected chi connectivity index (χ0v) is 24.4. The van der Waals surface area contributed by atoms with Gasteiger partial charge in [0.15, 0.2) is 0 Å². The van der Waals surface area contributed by atoms with E-state index in [9.17, 15) is 15.1 Å². The SMILES string of the molecule is [2H]c1c([2H])c([2H])c(-c2c([2H])c([2H])c([2H])c3c2oc2c([2H])c([2H])c(-c4c5c([2H])c([2H])c([2H])c([2H])c5c(-c5c([2H])c([2H])c(-c6c([2H])c([2H])c7c([2H])c([2H])c([2H])c([2H])c7c6[2H])c([2H])c5[2H])c5c([2H])c([2H])c([2H])c([2H])c45)c([2H])c23)c([2H])c1[2H]. The first-order chi connectivity index (χ1) is 36.8. The Morgan fingerprint density at radius 3 is 1.59 bits per heavy atom. The lowest BCUT2D eigenvalue weighted by atomic mass is 9.85. The van der Waals surface area contributed by atoms with Crippen LogP contribution in [0.4, 0.5) is 0 Å². The minimum atomic E-state index is -1.12. The highest BCUT2D eigenvalue weighted by Gasteiger charge is 2.19. The van der Waals surface area contributed by atoms with Crippen LogP contribution < -0.4 is 0 Å². The van der Waals surface area contributed by atoms with Crippen LogP contribution in [0.5, 0.6) is 0 Å². The average molecular weight is 653 g/mol. The fourth-order valence-corrected chi connectivity index (χ4v) is 5.69. The second-order valence-electron chi connectivity index (χ2n) is 10.5. The molecule has 9 aromatic carbocycles. The Hall–Kier alpha value is -6.44. The summed E-state index contributed by atoms with van der Waals surface area (Å²) < 4.78 is 275. The molecule has 0 fully saturated rings. The maximum Gasteiger partial charge on any atom is 0.143 e. The van der Waals surface area contributed by atoms with Crippen molar-refractivity contribution in [2.75, 3.05) is 0 Å². The highest BCUT2D eigenvalue weighted by molar-refractivity contribution is 6.22. The van der Waals surface area contributed by atoms with E-state index in [0.29, 0.717) is 0 Å². The van der Waals surface area contributed by atoms with Crippen molar-refractivity contribution in [3.05, 3.63) is 181 Å². The summed E-state index contributed by atoms with van der Waals surface area (Å²) in [7, 11) is 0. The molecule has 0 radical (unpaired) electrons. The lowest BCUT2D eigenvalue weighted by molar-refractivity contribution is 0.670. The number of fused-ring (bicyclic) bond motifs is 6. The summed E-state index contributed by atoms with van der Waals surface area (Å²) in [5.41, 5.74) is -7.58. The minimum absolute atomic E-state index is 0.552. The first-order valence-electron chi connectivity index (χ1n) is 29.4. The molecular weight excluding hydrogens is 593 g/mol. The fraction of sp³-hybridized carbons (Fsp3) is 0. The van der Waals surface area contributed by atoms with Gasteiger partial charge in [-0.3, -0.25) is 0 Å².